The van der Waals surface area contributed by atoms with Gasteiger partial charge in [-0.3, -0.25) is 0 Å². The minimum Gasteiger partial charge on any atom is -0.372 e. The maximum Gasteiger partial charge on any atom is 0.411 e. The lowest BCUT2D eigenvalue weighted by Gasteiger charge is -2.07. The zero-order chi connectivity index (χ0) is 13.4. The topological polar surface area (TPSA) is 78.9 Å². The van der Waals surface area contributed by atoms with Crippen molar-refractivity contribution in [3.8, 4) is 0 Å². The number of tetrazole rings is 1. The van der Waals surface area contributed by atoms with Gasteiger partial charge >= 0.3 is 6.18 Å². The van der Waals surface area contributed by atoms with E-state index in [2.05, 4.69) is 20.3 Å². The fraction of sp³-hybridized carbons (Fsp3) is 0.875. The van der Waals surface area contributed by atoms with Crippen LogP contribution >= 0.6 is 11.8 Å². The molecule has 0 fully saturated rings. The van der Waals surface area contributed by atoms with Crippen LogP contribution in [0.1, 0.15) is 6.42 Å². The second-order valence-electron chi connectivity index (χ2n) is 3.34. The quantitative estimate of drug-likeness (QED) is 0.559. The summed E-state index contributed by atoms with van der Waals surface area (Å²) in [5, 5.41) is 11.6. The number of hydrogen-bond donors (Lipinski definition) is 1. The standard InChI is InChI=1S/C8H14F3N5OS/c9-8(10,11)6-17-4-1-5-18-7-13-14-15-16(7)3-2-12/h1-6,12H2. The Morgan fingerprint density at radius 1 is 1.39 bits per heavy atom. The van der Waals surface area contributed by atoms with Gasteiger partial charge in [-0.25, -0.2) is 4.68 Å². The summed E-state index contributed by atoms with van der Waals surface area (Å²) >= 11 is 1.36. The third-order valence-corrected chi connectivity index (χ3v) is 2.81. The Hall–Kier alpha value is -0.870. The summed E-state index contributed by atoms with van der Waals surface area (Å²) in [6, 6.07) is 0. The molecule has 1 heterocycles. The monoisotopic (exact) mass is 285 g/mol. The van der Waals surface area contributed by atoms with Crippen molar-refractivity contribution in [1.82, 2.24) is 20.2 Å². The van der Waals surface area contributed by atoms with Gasteiger partial charge in [0, 0.05) is 18.9 Å². The molecule has 0 radical (unpaired) electrons. The molecule has 1 aromatic heterocycles. The van der Waals surface area contributed by atoms with Crippen LogP contribution in [0.25, 0.3) is 0 Å². The Morgan fingerprint density at radius 3 is 2.83 bits per heavy atom. The van der Waals surface area contributed by atoms with Crippen molar-refractivity contribution in [3.63, 3.8) is 0 Å². The number of alkyl halides is 3. The lowest BCUT2D eigenvalue weighted by Crippen LogP contribution is -2.17. The molecule has 6 nitrogen and oxygen atoms in total. The first-order valence-electron chi connectivity index (χ1n) is 5.26. The highest BCUT2D eigenvalue weighted by Crippen LogP contribution is 2.16. The van der Waals surface area contributed by atoms with Crippen molar-refractivity contribution in [3.05, 3.63) is 0 Å². The molecule has 0 saturated carbocycles. The fourth-order valence-electron chi connectivity index (χ4n) is 1.07. The molecule has 0 bridgehead atoms. The first-order valence-corrected chi connectivity index (χ1v) is 6.25. The Balaban J connectivity index is 2.12. The number of ether oxygens (including phenoxy) is 1. The summed E-state index contributed by atoms with van der Waals surface area (Å²) in [5.74, 6) is 0.586. The molecule has 104 valence electrons. The Bertz CT molecular complexity index is 346. The van der Waals surface area contributed by atoms with E-state index in [1.54, 1.807) is 4.68 Å². The van der Waals surface area contributed by atoms with Crippen LogP contribution in [-0.4, -0.2) is 51.9 Å². The van der Waals surface area contributed by atoms with Crippen molar-refractivity contribution in [2.75, 3.05) is 25.5 Å². The van der Waals surface area contributed by atoms with E-state index in [1.165, 1.54) is 11.8 Å². The molecule has 0 amide bonds. The average Bonchev–Trinajstić information content (AvgIpc) is 2.70. The van der Waals surface area contributed by atoms with Crippen molar-refractivity contribution in [2.24, 2.45) is 5.73 Å². The normalized spacial score (nSPS) is 12.0. The van der Waals surface area contributed by atoms with Gasteiger partial charge in [0.15, 0.2) is 0 Å². The van der Waals surface area contributed by atoms with Gasteiger partial charge in [-0.1, -0.05) is 11.8 Å². The van der Waals surface area contributed by atoms with Gasteiger partial charge in [0.1, 0.15) is 6.61 Å². The lowest BCUT2D eigenvalue weighted by molar-refractivity contribution is -0.173. The van der Waals surface area contributed by atoms with Crippen LogP contribution in [0.5, 0.6) is 0 Å². The van der Waals surface area contributed by atoms with E-state index >= 15 is 0 Å². The minimum atomic E-state index is -4.27. The molecule has 0 spiro atoms. The van der Waals surface area contributed by atoms with Crippen molar-refractivity contribution >= 4 is 11.8 Å². The molecule has 0 unspecified atom stereocenters. The second-order valence-corrected chi connectivity index (χ2v) is 4.41. The van der Waals surface area contributed by atoms with E-state index in [1.807, 2.05) is 0 Å². The summed E-state index contributed by atoms with van der Waals surface area (Å²) in [5.41, 5.74) is 5.37. The van der Waals surface area contributed by atoms with Crippen molar-refractivity contribution in [1.29, 1.82) is 0 Å². The molecule has 10 heteroatoms. The van der Waals surface area contributed by atoms with E-state index in [-0.39, 0.29) is 6.61 Å². The number of rotatable bonds is 8. The van der Waals surface area contributed by atoms with Gasteiger partial charge < -0.3 is 10.5 Å². The second kappa shape index (κ2) is 7.54. The molecular formula is C8H14F3N5OS. The summed E-state index contributed by atoms with van der Waals surface area (Å²) in [6.45, 7) is -0.208. The zero-order valence-electron chi connectivity index (χ0n) is 9.56. The number of thioether (sulfide) groups is 1. The average molecular weight is 285 g/mol. The number of aromatic nitrogens is 4. The van der Waals surface area contributed by atoms with Gasteiger partial charge in [-0.05, 0) is 16.8 Å². The highest BCUT2D eigenvalue weighted by Gasteiger charge is 2.27. The summed E-state index contributed by atoms with van der Waals surface area (Å²) in [4.78, 5) is 0. The maximum absolute atomic E-state index is 11.8. The Labute approximate surface area is 106 Å². The molecule has 0 aliphatic heterocycles. The van der Waals surface area contributed by atoms with E-state index in [9.17, 15) is 13.2 Å². The molecule has 0 saturated heterocycles. The van der Waals surface area contributed by atoms with Gasteiger partial charge in [-0.2, -0.15) is 13.2 Å². The van der Waals surface area contributed by atoms with E-state index in [4.69, 9.17) is 5.73 Å². The SMILES string of the molecule is NCCn1nnnc1SCCCOCC(F)(F)F. The van der Waals surface area contributed by atoms with E-state index < -0.39 is 12.8 Å². The molecule has 0 aliphatic carbocycles. The van der Waals surface area contributed by atoms with Crippen LogP contribution in [0.2, 0.25) is 0 Å². The zero-order valence-corrected chi connectivity index (χ0v) is 10.4. The molecule has 0 aromatic carbocycles. The summed E-state index contributed by atoms with van der Waals surface area (Å²) in [7, 11) is 0. The third kappa shape index (κ3) is 6.17. The predicted molar refractivity (Wildman–Crippen MR) is 59.1 cm³/mol. The molecule has 1 aromatic rings. The number of nitrogens with two attached hydrogens (primary N) is 1. The number of hydrogen-bond acceptors (Lipinski definition) is 6. The predicted octanol–water partition coefficient (Wildman–Crippen LogP) is 0.693. The summed E-state index contributed by atoms with van der Waals surface area (Å²) in [6.07, 6.45) is -3.77. The van der Waals surface area contributed by atoms with Crippen molar-refractivity contribution < 1.29 is 17.9 Å². The lowest BCUT2D eigenvalue weighted by atomic mass is 10.5. The van der Waals surface area contributed by atoms with Crippen LogP contribution in [0.15, 0.2) is 5.16 Å². The number of nitrogens with zero attached hydrogens (tertiary/aromatic N) is 4. The molecule has 0 aliphatic rings. The first kappa shape index (κ1) is 15.2. The molecule has 1 rings (SSSR count). The Morgan fingerprint density at radius 2 is 2.17 bits per heavy atom. The van der Waals surface area contributed by atoms with Crippen LogP contribution in [0.3, 0.4) is 0 Å². The first-order chi connectivity index (χ1) is 8.53. The third-order valence-electron chi connectivity index (χ3n) is 1.77. The molecule has 18 heavy (non-hydrogen) atoms. The van der Waals surface area contributed by atoms with Crippen LogP contribution < -0.4 is 5.73 Å². The fourth-order valence-corrected chi connectivity index (χ4v) is 1.89. The highest BCUT2D eigenvalue weighted by atomic mass is 32.2. The van der Waals surface area contributed by atoms with Gasteiger partial charge in [0.2, 0.25) is 5.16 Å². The van der Waals surface area contributed by atoms with Crippen LogP contribution in [-0.2, 0) is 11.3 Å². The van der Waals surface area contributed by atoms with E-state index in [0.29, 0.717) is 30.4 Å². The van der Waals surface area contributed by atoms with Gasteiger partial charge in [0.05, 0.1) is 6.54 Å². The largest absolute Gasteiger partial charge is 0.411 e. The minimum absolute atomic E-state index is 0.0605. The van der Waals surface area contributed by atoms with E-state index in [0.717, 1.165) is 0 Å². The molecule has 2 N–H and O–H groups in total. The van der Waals surface area contributed by atoms with Crippen LogP contribution in [0, 0.1) is 0 Å². The molecular weight excluding hydrogens is 271 g/mol. The van der Waals surface area contributed by atoms with Gasteiger partial charge in [0.25, 0.3) is 0 Å². The highest BCUT2D eigenvalue weighted by molar-refractivity contribution is 7.99. The molecule has 0 atom stereocenters. The maximum atomic E-state index is 11.8. The number of halogens is 3. The Kier molecular flexibility index (Phi) is 6.36. The smallest absolute Gasteiger partial charge is 0.372 e. The van der Waals surface area contributed by atoms with Crippen molar-refractivity contribution in [2.45, 2.75) is 24.3 Å². The van der Waals surface area contributed by atoms with Gasteiger partial charge in [-0.15, -0.1) is 5.10 Å². The summed E-state index contributed by atoms with van der Waals surface area (Å²) < 4.78 is 41.3. The van der Waals surface area contributed by atoms with Crippen LogP contribution in [0.4, 0.5) is 13.2 Å².